The molecule has 0 radical (unpaired) electrons. The van der Waals surface area contributed by atoms with Gasteiger partial charge in [0.1, 0.15) is 16.5 Å². The second-order valence-corrected chi connectivity index (χ2v) is 9.52. The number of likely N-dealkylation sites (N-methyl/N-ethyl adjacent to an activating group) is 2. The lowest BCUT2D eigenvalue weighted by atomic mass is 10.2. The number of alkyl halides is 2. The first-order valence-corrected chi connectivity index (χ1v) is 12.8. The van der Waals surface area contributed by atoms with E-state index in [0.717, 1.165) is 6.08 Å². The molecule has 1 aromatic heterocycles. The van der Waals surface area contributed by atoms with Crippen molar-refractivity contribution in [2.45, 2.75) is 6.29 Å². The van der Waals surface area contributed by atoms with Gasteiger partial charge in [0.15, 0.2) is 11.6 Å². The summed E-state index contributed by atoms with van der Waals surface area (Å²) in [5.74, 6) is 0.134. The maximum Gasteiger partial charge on any atom is 0.532 e. The summed E-state index contributed by atoms with van der Waals surface area (Å²) in [6.45, 7) is 4.55. The Hall–Kier alpha value is -4.40. The van der Waals surface area contributed by atoms with Gasteiger partial charge in [0.25, 0.3) is 0 Å². The number of carbonyl (C=O) groups is 1. The molecule has 0 saturated heterocycles. The number of benzene rings is 2. The Morgan fingerprint density at radius 1 is 1.07 bits per heavy atom. The van der Waals surface area contributed by atoms with Crippen LogP contribution in [-0.4, -0.2) is 80.6 Å². The topological polar surface area (TPSA) is 133 Å². The molecule has 0 unspecified atom stereocenters. The molecule has 0 fully saturated rings. The van der Waals surface area contributed by atoms with Crippen molar-refractivity contribution in [1.29, 1.82) is 0 Å². The Bertz CT molecular complexity index is 1400. The van der Waals surface area contributed by atoms with Gasteiger partial charge in [-0.25, -0.2) is 4.98 Å². The number of aliphatic hydroxyl groups is 1. The molecule has 1 amide bonds. The molecule has 2 aromatic carbocycles. The van der Waals surface area contributed by atoms with Crippen molar-refractivity contribution < 1.29 is 32.9 Å². The van der Waals surface area contributed by atoms with Crippen molar-refractivity contribution in [3.05, 3.63) is 54.2 Å². The maximum atomic E-state index is 13.7. The second-order valence-electron chi connectivity index (χ2n) is 9.11. The van der Waals surface area contributed by atoms with Gasteiger partial charge in [-0.3, -0.25) is 4.79 Å². The number of carbonyl (C=O) groups excluding carboxylic acids is 1. The number of nitrogens with zero attached hydrogens (tertiary/aromatic N) is 4. The second kappa shape index (κ2) is 14.0. The van der Waals surface area contributed by atoms with Gasteiger partial charge in [-0.2, -0.15) is 4.98 Å². The standard InChI is InChI=1S/C27H32ClF2N7O5/c1-7-24(38)33-20-13-21(23(42-27(29,30)39)14-22(20)37(4)9-8-36(2)3)34-26-31-15-19(28)25(35-26)32-16-10-17(40-5)12-18(11-16)41-6/h7,10-15,39H,1,8-9H2,2-6H3,(H,33,38)(H2,31,32,34,35). The highest BCUT2D eigenvalue weighted by molar-refractivity contribution is 6.32. The number of ether oxygens (including phenoxy) is 3. The van der Waals surface area contributed by atoms with Crippen molar-refractivity contribution in [2.24, 2.45) is 0 Å². The highest BCUT2D eigenvalue weighted by atomic mass is 35.5. The fourth-order valence-electron chi connectivity index (χ4n) is 3.61. The van der Waals surface area contributed by atoms with E-state index in [1.165, 1.54) is 32.5 Å². The number of anilines is 6. The minimum atomic E-state index is -4.51. The highest BCUT2D eigenvalue weighted by Crippen LogP contribution is 2.40. The van der Waals surface area contributed by atoms with Gasteiger partial charge in [0, 0.05) is 50.1 Å². The van der Waals surface area contributed by atoms with E-state index in [-0.39, 0.29) is 28.2 Å². The molecule has 0 saturated carbocycles. The van der Waals surface area contributed by atoms with Crippen molar-refractivity contribution in [1.82, 2.24) is 14.9 Å². The third-order valence-electron chi connectivity index (χ3n) is 5.67. The molecular formula is C27H32ClF2N7O5. The first-order chi connectivity index (χ1) is 19.8. The van der Waals surface area contributed by atoms with E-state index in [4.69, 9.17) is 21.1 Å². The van der Waals surface area contributed by atoms with Crippen molar-refractivity contribution in [3.8, 4) is 17.2 Å². The van der Waals surface area contributed by atoms with Gasteiger partial charge >= 0.3 is 6.29 Å². The number of halogens is 3. The SMILES string of the molecule is C=CC(=O)Nc1cc(Nc2ncc(Cl)c(Nc3cc(OC)cc(OC)c3)n2)c(OC(O)(F)F)cc1N(C)CCN(C)C. The first kappa shape index (κ1) is 32.1. The Morgan fingerprint density at radius 2 is 1.74 bits per heavy atom. The average Bonchev–Trinajstić information content (AvgIpc) is 2.93. The third-order valence-corrected chi connectivity index (χ3v) is 5.95. The van der Waals surface area contributed by atoms with Gasteiger partial charge in [0.05, 0.1) is 37.5 Å². The number of aromatic nitrogens is 2. The monoisotopic (exact) mass is 607 g/mol. The molecule has 15 heteroatoms. The Morgan fingerprint density at radius 3 is 2.31 bits per heavy atom. The molecule has 0 aliphatic carbocycles. The van der Waals surface area contributed by atoms with Gasteiger partial charge in [-0.15, -0.1) is 8.78 Å². The summed E-state index contributed by atoms with van der Waals surface area (Å²) in [6, 6.07) is 7.65. The molecule has 4 N–H and O–H groups in total. The predicted octanol–water partition coefficient (Wildman–Crippen LogP) is 4.68. The maximum absolute atomic E-state index is 13.7. The molecule has 0 bridgehead atoms. The van der Waals surface area contributed by atoms with Crippen LogP contribution in [-0.2, 0) is 4.79 Å². The van der Waals surface area contributed by atoms with Crippen molar-refractivity contribution in [2.75, 3.05) is 69.3 Å². The molecule has 12 nitrogen and oxygen atoms in total. The van der Waals surface area contributed by atoms with Crippen LogP contribution >= 0.6 is 11.6 Å². The normalized spacial score (nSPS) is 11.1. The minimum Gasteiger partial charge on any atom is -0.497 e. The first-order valence-electron chi connectivity index (χ1n) is 12.4. The largest absolute Gasteiger partial charge is 0.532 e. The van der Waals surface area contributed by atoms with E-state index in [1.807, 2.05) is 19.0 Å². The van der Waals surface area contributed by atoms with Crippen molar-refractivity contribution in [3.63, 3.8) is 0 Å². The summed E-state index contributed by atoms with van der Waals surface area (Å²) in [5.41, 5.74) is 1.02. The van der Waals surface area contributed by atoms with E-state index < -0.39 is 18.0 Å². The van der Waals surface area contributed by atoms with Crippen LogP contribution in [0.5, 0.6) is 17.2 Å². The number of amides is 1. The summed E-state index contributed by atoms with van der Waals surface area (Å²) in [7, 11) is 8.48. The lowest BCUT2D eigenvalue weighted by Crippen LogP contribution is -2.29. The van der Waals surface area contributed by atoms with E-state index in [0.29, 0.717) is 36.0 Å². The quantitative estimate of drug-likeness (QED) is 0.150. The van der Waals surface area contributed by atoms with Crippen LogP contribution in [0.1, 0.15) is 0 Å². The lowest BCUT2D eigenvalue weighted by Gasteiger charge is -2.26. The average molecular weight is 608 g/mol. The van der Waals surface area contributed by atoms with E-state index >= 15 is 0 Å². The summed E-state index contributed by atoms with van der Waals surface area (Å²) < 4.78 is 42.5. The summed E-state index contributed by atoms with van der Waals surface area (Å²) >= 11 is 6.32. The minimum absolute atomic E-state index is 0.0717. The fourth-order valence-corrected chi connectivity index (χ4v) is 3.74. The van der Waals surface area contributed by atoms with E-state index in [9.17, 15) is 18.7 Å². The molecule has 1 heterocycles. The van der Waals surface area contributed by atoms with Gasteiger partial charge < -0.3 is 45.1 Å². The number of hydrogen-bond acceptors (Lipinski definition) is 11. The molecule has 0 aliphatic heterocycles. The predicted molar refractivity (Wildman–Crippen MR) is 158 cm³/mol. The summed E-state index contributed by atoms with van der Waals surface area (Å²) in [5, 5.41) is 17.8. The van der Waals surface area contributed by atoms with Crippen LogP contribution in [0, 0.1) is 0 Å². The molecule has 226 valence electrons. The fraction of sp³-hybridized carbons (Fsp3) is 0.296. The molecule has 3 rings (SSSR count). The smallest absolute Gasteiger partial charge is 0.497 e. The van der Waals surface area contributed by atoms with Gasteiger partial charge in [0.2, 0.25) is 11.9 Å². The van der Waals surface area contributed by atoms with E-state index in [2.05, 4.69) is 37.2 Å². The molecule has 0 spiro atoms. The van der Waals surface area contributed by atoms with Crippen LogP contribution in [0.3, 0.4) is 0 Å². The molecule has 3 aromatic rings. The van der Waals surface area contributed by atoms with Gasteiger partial charge in [-0.1, -0.05) is 18.2 Å². The molecule has 0 aliphatic rings. The number of hydrogen-bond donors (Lipinski definition) is 4. The van der Waals surface area contributed by atoms with Crippen LogP contribution in [0.4, 0.5) is 43.3 Å². The Labute approximate surface area is 246 Å². The number of nitrogens with one attached hydrogen (secondary N) is 3. The zero-order valence-corrected chi connectivity index (χ0v) is 24.4. The van der Waals surface area contributed by atoms with Crippen LogP contribution in [0.25, 0.3) is 0 Å². The van der Waals surface area contributed by atoms with Crippen LogP contribution in [0.15, 0.2) is 49.2 Å². The van der Waals surface area contributed by atoms with Crippen LogP contribution < -0.4 is 35.1 Å². The molecule has 42 heavy (non-hydrogen) atoms. The van der Waals surface area contributed by atoms with Crippen LogP contribution in [0.2, 0.25) is 5.02 Å². The summed E-state index contributed by atoms with van der Waals surface area (Å²) in [6.07, 6.45) is -2.15. The van der Waals surface area contributed by atoms with Gasteiger partial charge in [-0.05, 0) is 26.2 Å². The third kappa shape index (κ3) is 9.06. The van der Waals surface area contributed by atoms with E-state index in [1.54, 1.807) is 30.1 Å². The zero-order valence-electron chi connectivity index (χ0n) is 23.7. The Kier molecular flexibility index (Phi) is 10.7. The number of rotatable bonds is 14. The highest BCUT2D eigenvalue weighted by Gasteiger charge is 2.30. The van der Waals surface area contributed by atoms with Crippen molar-refractivity contribution >= 4 is 52.0 Å². The summed E-state index contributed by atoms with van der Waals surface area (Å²) in [4.78, 5) is 24.4. The molecular weight excluding hydrogens is 576 g/mol. The zero-order chi connectivity index (χ0) is 31.0. The lowest BCUT2D eigenvalue weighted by molar-refractivity contribution is -0.327. The number of methoxy groups -OCH3 is 2. The molecule has 0 atom stereocenters. The Balaban J connectivity index is 2.05.